The molecule has 0 aromatic carbocycles. The summed E-state index contributed by atoms with van der Waals surface area (Å²) in [6, 6.07) is -2.61. The van der Waals surface area contributed by atoms with E-state index in [0.717, 1.165) is 51.9 Å². The summed E-state index contributed by atoms with van der Waals surface area (Å²) in [4.78, 5) is 38.4. The highest BCUT2D eigenvalue weighted by molar-refractivity contribution is 5.77. The standard InChI is InChI=1S/C59H108N2O21/c1-4-6-8-10-12-14-16-18-19-21-23-25-27-29-31-33-46(69)61-40(41(66)32-30-28-26-24-22-20-17-15-13-11-9-7-5-2)38-77-56-51(73)50(72)53(45(37-64)79-56)80-57-52(74)55(49(71)44(36-63)78-57)82-59(58(75)76)34-42(67)47(60-39(3)65)54(81-59)48(70)43(68)35-62/h30,32,40-45,47-57,62-64,66-68,70-74H,4-29,31,33-38H2,1-3H3,(H,60,65)(H,61,69)(H,75,76)/b32-30+/t40-,41+,42-,43+,44+,45+,47+,48+,49-,50+,51+,52+,53+,54+,55-,56-,57-,59+/m0/s1. The first-order chi connectivity index (χ1) is 39.4. The highest BCUT2D eigenvalue weighted by Crippen LogP contribution is 2.38. The van der Waals surface area contributed by atoms with Gasteiger partial charge in [0.05, 0.1) is 50.7 Å². The second-order valence-corrected chi connectivity index (χ2v) is 22.9. The van der Waals surface area contributed by atoms with Crippen molar-refractivity contribution < 1.29 is 104 Å². The first-order valence-electron chi connectivity index (χ1n) is 31.1. The maximum absolute atomic E-state index is 13.4. The van der Waals surface area contributed by atoms with Gasteiger partial charge in [0.2, 0.25) is 11.8 Å². The molecule has 3 heterocycles. The molecule has 2 amide bonds. The Hall–Kier alpha value is -2.53. The maximum Gasteiger partial charge on any atom is 0.364 e. The number of allylic oxidation sites excluding steroid dienone is 1. The Morgan fingerprint density at radius 3 is 1.62 bits per heavy atom. The summed E-state index contributed by atoms with van der Waals surface area (Å²) in [5.74, 6) is -6.14. The predicted molar refractivity (Wildman–Crippen MR) is 301 cm³/mol. The summed E-state index contributed by atoms with van der Waals surface area (Å²) < 4.78 is 34.7. The van der Waals surface area contributed by atoms with Crippen LogP contribution >= 0.6 is 0 Å². The maximum atomic E-state index is 13.4. The van der Waals surface area contributed by atoms with E-state index in [1.165, 1.54) is 116 Å². The number of aliphatic carboxylic acids is 1. The van der Waals surface area contributed by atoms with Gasteiger partial charge in [-0.05, 0) is 19.3 Å². The summed E-state index contributed by atoms with van der Waals surface area (Å²) in [6.45, 7) is 2.10. The summed E-state index contributed by atoms with van der Waals surface area (Å²) in [7, 11) is 0. The van der Waals surface area contributed by atoms with Crippen LogP contribution < -0.4 is 10.6 Å². The molecule has 0 aromatic heterocycles. The van der Waals surface area contributed by atoms with E-state index in [4.69, 9.17) is 28.4 Å². The molecule has 3 aliphatic heterocycles. The molecule has 0 unspecified atom stereocenters. The molecule has 3 aliphatic rings. The molecule has 0 aromatic rings. The molecule has 3 rings (SSSR count). The zero-order valence-electron chi connectivity index (χ0n) is 49.3. The average molecular weight is 1180 g/mol. The van der Waals surface area contributed by atoms with Gasteiger partial charge in [-0.2, -0.15) is 0 Å². The van der Waals surface area contributed by atoms with Crippen molar-refractivity contribution in [2.24, 2.45) is 0 Å². The number of rotatable bonds is 45. The first kappa shape index (κ1) is 73.7. The lowest BCUT2D eigenvalue weighted by Crippen LogP contribution is -2.70. The van der Waals surface area contributed by atoms with Crippen LogP contribution in [0.25, 0.3) is 0 Å². The molecule has 0 saturated carbocycles. The van der Waals surface area contributed by atoms with Gasteiger partial charge in [-0.25, -0.2) is 4.79 Å². The minimum absolute atomic E-state index is 0.204. The van der Waals surface area contributed by atoms with Crippen LogP contribution in [0.5, 0.6) is 0 Å². The molecular formula is C59H108N2O21. The Balaban J connectivity index is 1.67. The number of aliphatic hydroxyl groups excluding tert-OH is 11. The summed E-state index contributed by atoms with van der Waals surface area (Å²) in [6.07, 6.45) is 5.61. The number of carbonyl (C=O) groups is 3. The van der Waals surface area contributed by atoms with Crippen molar-refractivity contribution in [3.63, 3.8) is 0 Å². The molecular weight excluding hydrogens is 1070 g/mol. The van der Waals surface area contributed by atoms with Crippen LogP contribution in [0.15, 0.2) is 12.2 Å². The lowest BCUT2D eigenvalue weighted by molar-refractivity contribution is -0.386. The topological polar surface area (TPSA) is 373 Å². The van der Waals surface area contributed by atoms with Gasteiger partial charge < -0.3 is 100 Å². The molecule has 0 spiro atoms. The van der Waals surface area contributed by atoms with Gasteiger partial charge in [0.25, 0.3) is 5.79 Å². The number of unbranched alkanes of at least 4 members (excludes halogenated alkanes) is 25. The Morgan fingerprint density at radius 2 is 1.13 bits per heavy atom. The van der Waals surface area contributed by atoms with E-state index >= 15 is 0 Å². The Labute approximate surface area is 486 Å². The van der Waals surface area contributed by atoms with Crippen molar-refractivity contribution in [1.29, 1.82) is 0 Å². The fourth-order valence-corrected chi connectivity index (χ4v) is 10.9. The first-order valence-corrected chi connectivity index (χ1v) is 31.1. The summed E-state index contributed by atoms with van der Waals surface area (Å²) >= 11 is 0. The van der Waals surface area contributed by atoms with E-state index in [1.54, 1.807) is 6.08 Å². The molecule has 23 nitrogen and oxygen atoms in total. The number of carbonyl (C=O) groups excluding carboxylic acids is 2. The van der Waals surface area contributed by atoms with E-state index in [-0.39, 0.29) is 12.3 Å². The largest absolute Gasteiger partial charge is 0.477 e. The smallest absolute Gasteiger partial charge is 0.364 e. The highest BCUT2D eigenvalue weighted by atomic mass is 16.8. The van der Waals surface area contributed by atoms with Crippen LogP contribution in [0.3, 0.4) is 0 Å². The Bertz CT molecular complexity index is 1740. The summed E-state index contributed by atoms with van der Waals surface area (Å²) in [5, 5.41) is 135. The number of ether oxygens (including phenoxy) is 6. The van der Waals surface area contributed by atoms with Crippen molar-refractivity contribution in [2.45, 2.75) is 317 Å². The molecule has 18 atom stereocenters. The molecule has 0 aliphatic carbocycles. The van der Waals surface area contributed by atoms with Crippen molar-refractivity contribution in [3.05, 3.63) is 12.2 Å². The zero-order valence-corrected chi connectivity index (χ0v) is 49.3. The van der Waals surface area contributed by atoms with Crippen molar-refractivity contribution in [1.82, 2.24) is 10.6 Å². The monoisotopic (exact) mass is 1180 g/mol. The van der Waals surface area contributed by atoms with Crippen molar-refractivity contribution in [3.8, 4) is 0 Å². The third-order valence-corrected chi connectivity index (χ3v) is 16.0. The van der Waals surface area contributed by atoms with Crippen LogP contribution in [0.2, 0.25) is 0 Å². The lowest BCUT2D eigenvalue weighted by Gasteiger charge is -2.50. The Morgan fingerprint density at radius 1 is 0.634 bits per heavy atom. The van der Waals surface area contributed by atoms with E-state index in [0.29, 0.717) is 12.8 Å². The summed E-state index contributed by atoms with van der Waals surface area (Å²) in [5.41, 5.74) is 0. The van der Waals surface area contributed by atoms with Crippen LogP contribution in [0, 0.1) is 0 Å². The van der Waals surface area contributed by atoms with Crippen molar-refractivity contribution in [2.75, 3.05) is 26.4 Å². The molecule has 0 radical (unpaired) electrons. The number of hydrogen-bond acceptors (Lipinski definition) is 20. The second-order valence-electron chi connectivity index (χ2n) is 22.9. The molecule has 23 heteroatoms. The van der Waals surface area contributed by atoms with Crippen molar-refractivity contribution >= 4 is 17.8 Å². The van der Waals surface area contributed by atoms with Crippen LogP contribution in [0.1, 0.15) is 207 Å². The van der Waals surface area contributed by atoms with Crippen LogP contribution in [-0.2, 0) is 42.8 Å². The minimum Gasteiger partial charge on any atom is -0.477 e. The quantitative estimate of drug-likeness (QED) is 0.0307. The average Bonchev–Trinajstić information content (AvgIpc) is 3.65. The number of carboxylic acids is 1. The molecule has 3 saturated heterocycles. The van der Waals surface area contributed by atoms with Crippen LogP contribution in [0.4, 0.5) is 0 Å². The predicted octanol–water partition coefficient (Wildman–Crippen LogP) is 3.17. The second kappa shape index (κ2) is 41.5. The van der Waals surface area contributed by atoms with E-state index in [9.17, 15) is 75.7 Å². The van der Waals surface area contributed by atoms with E-state index < -0.39 is 155 Å². The van der Waals surface area contributed by atoms with Gasteiger partial charge in [0, 0.05) is 19.8 Å². The minimum atomic E-state index is -3.08. The number of hydrogen-bond donors (Lipinski definition) is 14. The molecule has 480 valence electrons. The number of nitrogens with one attached hydrogen (secondary N) is 2. The van der Waals surface area contributed by atoms with Crippen LogP contribution in [-0.4, -0.2) is 215 Å². The van der Waals surface area contributed by atoms with Gasteiger partial charge in [-0.1, -0.05) is 180 Å². The highest BCUT2D eigenvalue weighted by Gasteiger charge is 2.60. The Kier molecular flexibility index (Phi) is 37.4. The van der Waals surface area contributed by atoms with Gasteiger partial charge in [0.1, 0.15) is 67.1 Å². The normalized spacial score (nSPS) is 30.2. The third-order valence-electron chi connectivity index (χ3n) is 16.0. The fraction of sp³-hybridized carbons (Fsp3) is 0.915. The fourth-order valence-electron chi connectivity index (χ4n) is 10.9. The third kappa shape index (κ3) is 25.4. The zero-order chi connectivity index (χ0) is 60.5. The molecule has 3 fully saturated rings. The SMILES string of the molecule is CCCCCCCCCCCCC/C=C/[C@@H](O)[C@H](CO[C@H]1O[C@H](CO)[C@@H](O[C@@H]2O[C@H](CO)[C@H](O)[C@H](O[C@@]3(C(=O)O)C[C@H](O)[C@@H](NC(C)=O)[C@H]([C@H](O)[C@H](O)CO)O3)[C@H]2O)[C@H](O)[C@H]1O)NC(=O)CCCCCCCCCCCCCCCCC. The number of carboxylic acid groups (broad SMARTS) is 1. The van der Waals surface area contributed by atoms with Gasteiger partial charge in [-0.3, -0.25) is 9.59 Å². The molecule has 82 heavy (non-hydrogen) atoms. The number of aliphatic hydroxyl groups is 11. The van der Waals surface area contributed by atoms with Gasteiger partial charge in [-0.15, -0.1) is 0 Å². The van der Waals surface area contributed by atoms with E-state index in [1.807, 2.05) is 6.08 Å². The molecule has 14 N–H and O–H groups in total. The lowest BCUT2D eigenvalue weighted by atomic mass is 9.88. The molecule has 0 bridgehead atoms. The van der Waals surface area contributed by atoms with Gasteiger partial charge >= 0.3 is 5.97 Å². The number of amides is 2. The van der Waals surface area contributed by atoms with Gasteiger partial charge in [0.15, 0.2) is 12.6 Å². The van der Waals surface area contributed by atoms with E-state index in [2.05, 4.69) is 24.5 Å².